The van der Waals surface area contributed by atoms with Gasteiger partial charge in [0.05, 0.1) is 13.2 Å². The van der Waals surface area contributed by atoms with Crippen LogP contribution in [-0.4, -0.2) is 30.3 Å². The van der Waals surface area contributed by atoms with Gasteiger partial charge in [-0.15, -0.1) is 0 Å². The molecule has 6 heteroatoms. The van der Waals surface area contributed by atoms with E-state index in [0.717, 1.165) is 6.42 Å². The lowest BCUT2D eigenvalue weighted by Crippen LogP contribution is -2.47. The van der Waals surface area contributed by atoms with Crippen molar-refractivity contribution in [2.24, 2.45) is 0 Å². The van der Waals surface area contributed by atoms with Gasteiger partial charge in [-0.1, -0.05) is 24.3 Å². The summed E-state index contributed by atoms with van der Waals surface area (Å²) in [5.41, 5.74) is -2.95. The largest absolute Gasteiger partial charge is 0.421 e. The van der Waals surface area contributed by atoms with E-state index in [1.807, 2.05) is 0 Å². The number of fused-ring (bicyclic) bond motifs is 2. The Morgan fingerprint density at radius 1 is 0.957 bits per heavy atom. The third-order valence-corrected chi connectivity index (χ3v) is 5.64. The van der Waals surface area contributed by atoms with Crippen LogP contribution in [0.15, 0.2) is 24.3 Å². The Balaban J connectivity index is 1.81. The Hall–Kier alpha value is -1.11. The molecule has 0 bridgehead atoms. The zero-order valence-electron chi connectivity index (χ0n) is 12.7. The minimum Gasteiger partial charge on any atom is -0.376 e. The van der Waals surface area contributed by atoms with E-state index < -0.39 is 23.0 Å². The van der Waals surface area contributed by atoms with Crippen molar-refractivity contribution in [3.63, 3.8) is 0 Å². The molecule has 0 radical (unpaired) electrons. The standard InChI is InChI=1S/C17H19F3O3/c18-17(19,20)16(21)11-14(12-4-1-2-5-13(12)16)6-3-7-15(10-14)22-8-9-23-15/h1-2,4-5,21H,3,6-11H2/t14-,16?/m0/s1. The predicted octanol–water partition coefficient (Wildman–Crippen LogP) is 3.40. The number of hydrogen-bond donors (Lipinski definition) is 1. The highest BCUT2D eigenvalue weighted by Gasteiger charge is 2.66. The van der Waals surface area contributed by atoms with Crippen LogP contribution < -0.4 is 0 Å². The normalized spacial score (nSPS) is 35.8. The average molecular weight is 328 g/mol. The van der Waals surface area contributed by atoms with Crippen molar-refractivity contribution in [2.45, 2.75) is 55.1 Å². The Kier molecular flexibility index (Phi) is 3.16. The van der Waals surface area contributed by atoms with E-state index in [4.69, 9.17) is 9.47 Å². The zero-order valence-corrected chi connectivity index (χ0v) is 12.7. The predicted molar refractivity (Wildman–Crippen MR) is 75.8 cm³/mol. The lowest BCUT2D eigenvalue weighted by Gasteiger charge is -2.44. The molecule has 126 valence electrons. The van der Waals surface area contributed by atoms with E-state index >= 15 is 0 Å². The van der Waals surface area contributed by atoms with Crippen LogP contribution in [0.4, 0.5) is 13.2 Å². The summed E-state index contributed by atoms with van der Waals surface area (Å²) in [5, 5.41) is 10.5. The van der Waals surface area contributed by atoms with Crippen LogP contribution in [-0.2, 0) is 20.5 Å². The third-order valence-electron chi connectivity index (χ3n) is 5.64. The summed E-state index contributed by atoms with van der Waals surface area (Å²) in [7, 11) is 0. The van der Waals surface area contributed by atoms with E-state index in [0.29, 0.717) is 38.0 Å². The number of benzene rings is 1. The van der Waals surface area contributed by atoms with E-state index in [1.54, 1.807) is 18.2 Å². The van der Waals surface area contributed by atoms with E-state index in [9.17, 15) is 18.3 Å². The summed E-state index contributed by atoms with van der Waals surface area (Å²) in [6.45, 7) is 0.947. The van der Waals surface area contributed by atoms with E-state index in [-0.39, 0.29) is 12.0 Å². The highest BCUT2D eigenvalue weighted by molar-refractivity contribution is 5.46. The van der Waals surface area contributed by atoms with Crippen molar-refractivity contribution in [3.8, 4) is 0 Å². The first kappa shape index (κ1) is 15.4. The van der Waals surface area contributed by atoms with Gasteiger partial charge in [0.1, 0.15) is 0 Å². The third kappa shape index (κ3) is 2.08. The fraction of sp³-hybridized carbons (Fsp3) is 0.647. The molecule has 1 aromatic carbocycles. The van der Waals surface area contributed by atoms with Crippen LogP contribution in [0.3, 0.4) is 0 Å². The maximum Gasteiger partial charge on any atom is 0.421 e. The molecule has 0 amide bonds. The quantitative estimate of drug-likeness (QED) is 0.793. The van der Waals surface area contributed by atoms with Crippen LogP contribution in [0, 0.1) is 0 Å². The first-order valence-corrected chi connectivity index (χ1v) is 7.97. The Labute approximate surface area is 132 Å². The van der Waals surface area contributed by atoms with Crippen LogP contribution in [0.2, 0.25) is 0 Å². The minimum absolute atomic E-state index is 0.0115. The molecule has 2 atom stereocenters. The van der Waals surface area contributed by atoms with Gasteiger partial charge in [-0.2, -0.15) is 13.2 Å². The molecule has 2 aliphatic carbocycles. The number of alkyl halides is 3. The van der Waals surface area contributed by atoms with Crippen molar-refractivity contribution >= 4 is 0 Å². The van der Waals surface area contributed by atoms with Crippen LogP contribution in [0.1, 0.15) is 43.2 Å². The molecule has 1 saturated heterocycles. The molecule has 2 fully saturated rings. The second-order valence-corrected chi connectivity index (χ2v) is 7.00. The topological polar surface area (TPSA) is 38.7 Å². The highest BCUT2D eigenvalue weighted by Crippen LogP contribution is 2.61. The maximum atomic E-state index is 13.6. The Morgan fingerprint density at radius 3 is 2.26 bits per heavy atom. The zero-order chi connectivity index (χ0) is 16.3. The maximum absolute atomic E-state index is 13.6. The summed E-state index contributed by atoms with van der Waals surface area (Å²) in [5.74, 6) is -0.789. The molecule has 1 saturated carbocycles. The average Bonchev–Trinajstić information content (AvgIpc) is 3.02. The summed E-state index contributed by atoms with van der Waals surface area (Å²) < 4.78 is 52.4. The lowest BCUT2D eigenvalue weighted by atomic mass is 9.67. The number of aliphatic hydroxyl groups is 1. The monoisotopic (exact) mass is 328 g/mol. The van der Waals surface area contributed by atoms with Gasteiger partial charge in [-0.25, -0.2) is 0 Å². The van der Waals surface area contributed by atoms with E-state index in [2.05, 4.69) is 0 Å². The SMILES string of the molecule is OC1(C(F)(F)F)C[C@@]2(CCCC3(C2)OCCO3)c2ccccc21. The second kappa shape index (κ2) is 4.71. The van der Waals surface area contributed by atoms with Gasteiger partial charge in [-0.05, 0) is 30.4 Å². The van der Waals surface area contributed by atoms with Gasteiger partial charge in [-0.3, -0.25) is 0 Å². The molecular formula is C17H19F3O3. The molecule has 3 nitrogen and oxygen atoms in total. The summed E-state index contributed by atoms with van der Waals surface area (Å²) in [4.78, 5) is 0. The van der Waals surface area contributed by atoms with Crippen LogP contribution in [0.25, 0.3) is 0 Å². The highest BCUT2D eigenvalue weighted by atomic mass is 19.4. The number of hydrogen-bond acceptors (Lipinski definition) is 3. The molecule has 23 heavy (non-hydrogen) atoms. The second-order valence-electron chi connectivity index (χ2n) is 7.00. The van der Waals surface area contributed by atoms with Crippen molar-refractivity contribution in [1.29, 1.82) is 0 Å². The molecule has 1 aliphatic heterocycles. The van der Waals surface area contributed by atoms with Crippen molar-refractivity contribution < 1.29 is 27.8 Å². The molecular weight excluding hydrogens is 309 g/mol. The number of halogens is 3. The number of ether oxygens (including phenoxy) is 2. The van der Waals surface area contributed by atoms with Crippen molar-refractivity contribution in [2.75, 3.05) is 13.2 Å². The molecule has 1 heterocycles. The fourth-order valence-corrected chi connectivity index (χ4v) is 4.75. The van der Waals surface area contributed by atoms with Gasteiger partial charge in [0, 0.05) is 18.3 Å². The molecule has 4 rings (SSSR count). The van der Waals surface area contributed by atoms with Gasteiger partial charge in [0.25, 0.3) is 0 Å². The summed E-state index contributed by atoms with van der Waals surface area (Å²) >= 11 is 0. The van der Waals surface area contributed by atoms with Gasteiger partial charge < -0.3 is 14.6 Å². The minimum atomic E-state index is -4.70. The summed E-state index contributed by atoms with van der Waals surface area (Å²) in [6, 6.07) is 6.40. The van der Waals surface area contributed by atoms with Crippen LogP contribution in [0.5, 0.6) is 0 Å². The molecule has 3 aliphatic rings. The van der Waals surface area contributed by atoms with Gasteiger partial charge in [0.2, 0.25) is 0 Å². The molecule has 1 aromatic rings. The van der Waals surface area contributed by atoms with Crippen LogP contribution >= 0.6 is 0 Å². The lowest BCUT2D eigenvalue weighted by molar-refractivity contribution is -0.273. The Bertz CT molecular complexity index is 624. The fourth-order valence-electron chi connectivity index (χ4n) is 4.75. The number of rotatable bonds is 0. The molecule has 0 aromatic heterocycles. The molecule has 1 unspecified atom stereocenters. The summed E-state index contributed by atoms with van der Waals surface area (Å²) in [6.07, 6.45) is -2.65. The van der Waals surface area contributed by atoms with Gasteiger partial charge >= 0.3 is 6.18 Å². The van der Waals surface area contributed by atoms with E-state index in [1.165, 1.54) is 6.07 Å². The molecule has 1 N–H and O–H groups in total. The van der Waals surface area contributed by atoms with Gasteiger partial charge in [0.15, 0.2) is 11.4 Å². The van der Waals surface area contributed by atoms with Crippen molar-refractivity contribution in [3.05, 3.63) is 35.4 Å². The molecule has 2 spiro atoms. The first-order chi connectivity index (χ1) is 10.8. The first-order valence-electron chi connectivity index (χ1n) is 7.97. The smallest absolute Gasteiger partial charge is 0.376 e. The Morgan fingerprint density at radius 2 is 1.61 bits per heavy atom. The van der Waals surface area contributed by atoms with Crippen molar-refractivity contribution in [1.82, 2.24) is 0 Å².